The van der Waals surface area contributed by atoms with Gasteiger partial charge in [-0.1, -0.05) is 5.16 Å². The summed E-state index contributed by atoms with van der Waals surface area (Å²) in [4.78, 5) is 4.36. The summed E-state index contributed by atoms with van der Waals surface area (Å²) in [6, 6.07) is 0.119. The first-order valence-electron chi connectivity index (χ1n) is 6.00. The lowest BCUT2D eigenvalue weighted by molar-refractivity contribution is 0.116. The van der Waals surface area contributed by atoms with Crippen LogP contribution in [0.15, 0.2) is 4.52 Å². The highest BCUT2D eigenvalue weighted by Crippen LogP contribution is 2.23. The molecule has 96 valence electrons. The van der Waals surface area contributed by atoms with Crippen LogP contribution in [0, 0.1) is 0 Å². The van der Waals surface area contributed by atoms with Gasteiger partial charge in [-0.2, -0.15) is 4.98 Å². The van der Waals surface area contributed by atoms with Crippen molar-refractivity contribution in [3.63, 3.8) is 0 Å². The van der Waals surface area contributed by atoms with Crippen LogP contribution < -0.4 is 5.32 Å². The number of hydrogen-bond acceptors (Lipinski definition) is 6. The minimum atomic E-state index is 0.119. The smallest absolute Gasteiger partial charge is 0.243 e. The van der Waals surface area contributed by atoms with Crippen molar-refractivity contribution in [2.45, 2.75) is 31.9 Å². The first kappa shape index (κ1) is 12.5. The number of ether oxygens (including phenoxy) is 2. The van der Waals surface area contributed by atoms with E-state index in [4.69, 9.17) is 14.0 Å². The van der Waals surface area contributed by atoms with Gasteiger partial charge in [0.1, 0.15) is 0 Å². The Hall–Kier alpha value is -0.980. The van der Waals surface area contributed by atoms with Gasteiger partial charge in [0, 0.05) is 26.7 Å². The fourth-order valence-electron chi connectivity index (χ4n) is 1.89. The summed E-state index contributed by atoms with van der Waals surface area (Å²) in [6.45, 7) is 4.14. The molecule has 0 radical (unpaired) electrons. The summed E-state index contributed by atoms with van der Waals surface area (Å²) in [5.41, 5.74) is 0. The highest BCUT2D eigenvalue weighted by molar-refractivity contribution is 4.97. The second-order valence-corrected chi connectivity index (χ2v) is 4.05. The monoisotopic (exact) mass is 241 g/mol. The predicted molar refractivity (Wildman–Crippen MR) is 60.7 cm³/mol. The van der Waals surface area contributed by atoms with Crippen LogP contribution in [0.4, 0.5) is 0 Å². The fourth-order valence-corrected chi connectivity index (χ4v) is 1.89. The summed E-state index contributed by atoms with van der Waals surface area (Å²) in [5.74, 6) is 1.35. The number of rotatable bonds is 6. The van der Waals surface area contributed by atoms with E-state index in [2.05, 4.69) is 15.5 Å². The molecule has 6 heteroatoms. The molecule has 17 heavy (non-hydrogen) atoms. The quantitative estimate of drug-likeness (QED) is 0.739. The van der Waals surface area contributed by atoms with E-state index in [-0.39, 0.29) is 12.1 Å². The topological polar surface area (TPSA) is 69.4 Å². The molecule has 2 atom stereocenters. The second-order valence-electron chi connectivity index (χ2n) is 4.05. The van der Waals surface area contributed by atoms with Crippen LogP contribution in [0.2, 0.25) is 0 Å². The van der Waals surface area contributed by atoms with Crippen molar-refractivity contribution in [1.82, 2.24) is 15.5 Å². The first-order valence-corrected chi connectivity index (χ1v) is 6.00. The molecule has 1 saturated heterocycles. The molecule has 2 heterocycles. The van der Waals surface area contributed by atoms with Gasteiger partial charge < -0.3 is 19.3 Å². The van der Waals surface area contributed by atoms with Crippen molar-refractivity contribution in [2.75, 3.05) is 26.9 Å². The average molecular weight is 241 g/mol. The summed E-state index contributed by atoms with van der Waals surface area (Å²) < 4.78 is 15.8. The summed E-state index contributed by atoms with van der Waals surface area (Å²) >= 11 is 0. The zero-order valence-electron chi connectivity index (χ0n) is 10.3. The standard InChI is InChI=1S/C11H19N3O3/c1-3-16-5-4-10-13-11(17-14-10)9-6-8(15-2)7-12-9/h8-9,12H,3-7H2,1-2H3/t8-,9+/m0/s1. The van der Waals surface area contributed by atoms with Gasteiger partial charge in [-0.15, -0.1) is 0 Å². The molecule has 1 N–H and O–H groups in total. The van der Waals surface area contributed by atoms with Crippen molar-refractivity contribution in [3.05, 3.63) is 11.7 Å². The molecule has 1 fully saturated rings. The Bertz CT molecular complexity index is 342. The molecule has 0 saturated carbocycles. The number of nitrogens with one attached hydrogen (secondary N) is 1. The van der Waals surface area contributed by atoms with Gasteiger partial charge >= 0.3 is 0 Å². The molecule has 1 aromatic rings. The van der Waals surface area contributed by atoms with Crippen LogP contribution >= 0.6 is 0 Å². The van der Waals surface area contributed by atoms with E-state index in [0.717, 1.165) is 13.0 Å². The van der Waals surface area contributed by atoms with Gasteiger partial charge in [-0.25, -0.2) is 0 Å². The molecule has 1 aromatic heterocycles. The molecule has 2 rings (SSSR count). The highest BCUT2D eigenvalue weighted by Gasteiger charge is 2.29. The maximum Gasteiger partial charge on any atom is 0.243 e. The van der Waals surface area contributed by atoms with Crippen molar-refractivity contribution < 1.29 is 14.0 Å². The lowest BCUT2D eigenvalue weighted by Gasteiger charge is -2.04. The molecule has 0 aliphatic carbocycles. The van der Waals surface area contributed by atoms with Gasteiger partial charge in [-0.3, -0.25) is 0 Å². The molecule has 0 spiro atoms. The first-order chi connectivity index (χ1) is 8.33. The largest absolute Gasteiger partial charge is 0.381 e. The van der Waals surface area contributed by atoms with Crippen LogP contribution in [-0.4, -0.2) is 43.1 Å². The number of aromatic nitrogens is 2. The van der Waals surface area contributed by atoms with Gasteiger partial charge in [0.25, 0.3) is 0 Å². The molecule has 0 aromatic carbocycles. The summed E-state index contributed by atoms with van der Waals surface area (Å²) in [7, 11) is 1.72. The molecule has 6 nitrogen and oxygen atoms in total. The normalized spacial score (nSPS) is 24.4. The van der Waals surface area contributed by atoms with Crippen molar-refractivity contribution in [3.8, 4) is 0 Å². The summed E-state index contributed by atoms with van der Waals surface area (Å²) in [5, 5.41) is 7.24. The third-order valence-electron chi connectivity index (χ3n) is 2.88. The van der Waals surface area contributed by atoms with Crippen LogP contribution in [0.25, 0.3) is 0 Å². The predicted octanol–water partition coefficient (Wildman–Crippen LogP) is 0.698. The fraction of sp³-hybridized carbons (Fsp3) is 0.818. The Morgan fingerprint density at radius 3 is 3.12 bits per heavy atom. The van der Waals surface area contributed by atoms with E-state index >= 15 is 0 Å². The zero-order valence-corrected chi connectivity index (χ0v) is 10.3. The van der Waals surface area contributed by atoms with Crippen molar-refractivity contribution in [1.29, 1.82) is 0 Å². The van der Waals surface area contributed by atoms with E-state index in [1.54, 1.807) is 7.11 Å². The number of hydrogen-bond donors (Lipinski definition) is 1. The Kier molecular flexibility index (Phi) is 4.47. The van der Waals surface area contributed by atoms with E-state index in [1.807, 2.05) is 6.92 Å². The third-order valence-corrected chi connectivity index (χ3v) is 2.88. The Labute approximate surface area is 101 Å². The van der Waals surface area contributed by atoms with Gasteiger partial charge in [0.15, 0.2) is 5.82 Å². The van der Waals surface area contributed by atoms with Crippen molar-refractivity contribution in [2.24, 2.45) is 0 Å². The molecule has 1 aliphatic heterocycles. The van der Waals surface area contributed by atoms with Gasteiger partial charge in [0.2, 0.25) is 5.89 Å². The van der Waals surface area contributed by atoms with Crippen LogP contribution in [0.3, 0.4) is 0 Å². The molecular formula is C11H19N3O3. The minimum Gasteiger partial charge on any atom is -0.381 e. The SMILES string of the molecule is CCOCCc1noc([C@H]2C[C@H](OC)CN2)n1. The maximum atomic E-state index is 5.28. The maximum absolute atomic E-state index is 5.28. The molecule has 0 unspecified atom stereocenters. The van der Waals surface area contributed by atoms with E-state index < -0.39 is 0 Å². The second kappa shape index (κ2) is 6.09. The lowest BCUT2D eigenvalue weighted by Crippen LogP contribution is -2.16. The van der Waals surface area contributed by atoms with Crippen LogP contribution in [0.1, 0.15) is 31.1 Å². The third kappa shape index (κ3) is 3.24. The minimum absolute atomic E-state index is 0.119. The zero-order chi connectivity index (χ0) is 12.1. The number of methoxy groups -OCH3 is 1. The molecule has 0 amide bonds. The Morgan fingerprint density at radius 2 is 2.41 bits per heavy atom. The van der Waals surface area contributed by atoms with E-state index in [1.165, 1.54) is 0 Å². The van der Waals surface area contributed by atoms with E-state index in [9.17, 15) is 0 Å². The van der Waals surface area contributed by atoms with Crippen LogP contribution in [-0.2, 0) is 15.9 Å². The number of nitrogens with zero attached hydrogens (tertiary/aromatic N) is 2. The Balaban J connectivity index is 1.85. The molecule has 1 aliphatic rings. The van der Waals surface area contributed by atoms with Gasteiger partial charge in [-0.05, 0) is 13.3 Å². The highest BCUT2D eigenvalue weighted by atomic mass is 16.5. The average Bonchev–Trinajstić information content (AvgIpc) is 2.97. The van der Waals surface area contributed by atoms with Crippen molar-refractivity contribution >= 4 is 0 Å². The van der Waals surface area contributed by atoms with Crippen LogP contribution in [0.5, 0.6) is 0 Å². The molecular weight excluding hydrogens is 222 g/mol. The van der Waals surface area contributed by atoms with E-state index in [0.29, 0.717) is 31.3 Å². The van der Waals surface area contributed by atoms with Gasteiger partial charge in [0.05, 0.1) is 18.8 Å². The Morgan fingerprint density at radius 1 is 1.53 bits per heavy atom. The molecule has 0 bridgehead atoms. The lowest BCUT2D eigenvalue weighted by atomic mass is 10.2. The summed E-state index contributed by atoms with van der Waals surface area (Å²) in [6.07, 6.45) is 1.81.